The number of nitrogens with one attached hydrogen (secondary N) is 1. The minimum atomic E-state index is 0.692. The first-order chi connectivity index (χ1) is 8.69. The molecule has 0 bridgehead atoms. The van der Waals surface area contributed by atoms with Gasteiger partial charge < -0.3 is 10.2 Å². The molecule has 2 rings (SSSR count). The second-order valence-corrected chi connectivity index (χ2v) is 6.85. The van der Waals surface area contributed by atoms with Gasteiger partial charge in [0, 0.05) is 36.3 Å². The van der Waals surface area contributed by atoms with Crippen molar-refractivity contribution < 1.29 is 0 Å². The molecule has 1 aliphatic heterocycles. The van der Waals surface area contributed by atoms with Crippen LogP contribution in [-0.2, 0) is 6.54 Å². The summed E-state index contributed by atoms with van der Waals surface area (Å²) >= 11 is 2.07. The van der Waals surface area contributed by atoms with Gasteiger partial charge in [-0.1, -0.05) is 26.8 Å². The Morgan fingerprint density at radius 3 is 2.61 bits per heavy atom. The molecule has 2 heterocycles. The van der Waals surface area contributed by atoms with E-state index in [4.69, 9.17) is 0 Å². The van der Waals surface area contributed by atoms with E-state index in [1.54, 1.807) is 0 Å². The molecule has 0 aromatic carbocycles. The molecule has 0 amide bonds. The third-order valence-electron chi connectivity index (χ3n) is 3.13. The standard InChI is InChI=1S/C14H23N3S/c1-4-15-7-13-5-6-14(16-8-13)17-9-11(2)18-12(3)10-17/h5-6,8,11-12,15H,4,7,9-10H2,1-3H3. The summed E-state index contributed by atoms with van der Waals surface area (Å²) in [6.07, 6.45) is 2.00. The summed E-state index contributed by atoms with van der Waals surface area (Å²) in [6, 6.07) is 4.34. The van der Waals surface area contributed by atoms with Crippen molar-refractivity contribution in [3.05, 3.63) is 23.9 Å². The molecule has 2 unspecified atom stereocenters. The van der Waals surface area contributed by atoms with E-state index in [2.05, 4.69) is 59.9 Å². The minimum absolute atomic E-state index is 0.692. The molecule has 1 aromatic rings. The van der Waals surface area contributed by atoms with Gasteiger partial charge in [-0.15, -0.1) is 0 Å². The smallest absolute Gasteiger partial charge is 0.128 e. The van der Waals surface area contributed by atoms with Crippen LogP contribution in [0.3, 0.4) is 0 Å². The van der Waals surface area contributed by atoms with E-state index in [0.29, 0.717) is 10.5 Å². The van der Waals surface area contributed by atoms with Gasteiger partial charge in [-0.3, -0.25) is 0 Å². The number of aromatic nitrogens is 1. The third kappa shape index (κ3) is 3.62. The van der Waals surface area contributed by atoms with Crippen molar-refractivity contribution >= 4 is 17.6 Å². The number of hydrogen-bond acceptors (Lipinski definition) is 4. The molecule has 100 valence electrons. The van der Waals surface area contributed by atoms with Crippen molar-refractivity contribution in [1.29, 1.82) is 0 Å². The van der Waals surface area contributed by atoms with Crippen LogP contribution >= 0.6 is 11.8 Å². The predicted molar refractivity (Wildman–Crippen MR) is 80.3 cm³/mol. The second-order valence-electron chi connectivity index (χ2n) is 4.97. The van der Waals surface area contributed by atoms with Gasteiger partial charge in [0.2, 0.25) is 0 Å². The van der Waals surface area contributed by atoms with Crippen LogP contribution in [-0.4, -0.2) is 35.1 Å². The van der Waals surface area contributed by atoms with Gasteiger partial charge in [0.15, 0.2) is 0 Å². The van der Waals surface area contributed by atoms with Gasteiger partial charge >= 0.3 is 0 Å². The normalized spacial score (nSPS) is 24.3. The van der Waals surface area contributed by atoms with Crippen LogP contribution in [0.5, 0.6) is 0 Å². The zero-order chi connectivity index (χ0) is 13.0. The monoisotopic (exact) mass is 265 g/mol. The molecule has 3 nitrogen and oxygen atoms in total. The molecule has 0 spiro atoms. The van der Waals surface area contributed by atoms with E-state index in [0.717, 1.165) is 32.0 Å². The Hall–Kier alpha value is -0.740. The highest BCUT2D eigenvalue weighted by Gasteiger charge is 2.22. The van der Waals surface area contributed by atoms with Crippen LogP contribution in [0.25, 0.3) is 0 Å². The van der Waals surface area contributed by atoms with E-state index >= 15 is 0 Å². The average Bonchev–Trinajstić information content (AvgIpc) is 2.36. The van der Waals surface area contributed by atoms with Crippen molar-refractivity contribution in [3.63, 3.8) is 0 Å². The molecule has 4 heteroatoms. The predicted octanol–water partition coefficient (Wildman–Crippen LogP) is 2.52. The highest BCUT2D eigenvalue weighted by atomic mass is 32.2. The Labute approximate surface area is 114 Å². The molecular weight excluding hydrogens is 242 g/mol. The summed E-state index contributed by atoms with van der Waals surface area (Å²) in [5.74, 6) is 1.12. The molecule has 18 heavy (non-hydrogen) atoms. The molecule has 1 N–H and O–H groups in total. The van der Waals surface area contributed by atoms with Crippen LogP contribution in [0.2, 0.25) is 0 Å². The Bertz CT molecular complexity index is 356. The summed E-state index contributed by atoms with van der Waals surface area (Å²) in [7, 11) is 0. The number of thioether (sulfide) groups is 1. The number of nitrogens with zero attached hydrogens (tertiary/aromatic N) is 2. The topological polar surface area (TPSA) is 28.2 Å². The summed E-state index contributed by atoms with van der Waals surface area (Å²) in [4.78, 5) is 7.01. The first-order valence-electron chi connectivity index (χ1n) is 6.75. The maximum Gasteiger partial charge on any atom is 0.128 e. The summed E-state index contributed by atoms with van der Waals surface area (Å²) < 4.78 is 0. The summed E-state index contributed by atoms with van der Waals surface area (Å²) in [6.45, 7) is 10.8. The van der Waals surface area contributed by atoms with Gasteiger partial charge in [-0.05, 0) is 18.2 Å². The largest absolute Gasteiger partial charge is 0.354 e. The van der Waals surface area contributed by atoms with E-state index in [9.17, 15) is 0 Å². The van der Waals surface area contributed by atoms with Gasteiger partial charge in [0.05, 0.1) is 0 Å². The highest BCUT2D eigenvalue weighted by molar-refractivity contribution is 8.00. The van der Waals surface area contributed by atoms with Crippen LogP contribution in [0.1, 0.15) is 26.3 Å². The SMILES string of the molecule is CCNCc1ccc(N2CC(C)SC(C)C2)nc1. The second kappa shape index (κ2) is 6.43. The number of hydrogen-bond donors (Lipinski definition) is 1. The van der Waals surface area contributed by atoms with Crippen LogP contribution in [0.4, 0.5) is 5.82 Å². The Balaban J connectivity index is 2.00. The average molecular weight is 265 g/mol. The van der Waals surface area contributed by atoms with Crippen molar-refractivity contribution in [1.82, 2.24) is 10.3 Å². The highest BCUT2D eigenvalue weighted by Crippen LogP contribution is 2.27. The Morgan fingerprint density at radius 2 is 2.06 bits per heavy atom. The lowest BCUT2D eigenvalue weighted by atomic mass is 10.2. The lowest BCUT2D eigenvalue weighted by Crippen LogP contribution is -2.40. The van der Waals surface area contributed by atoms with Gasteiger partial charge in [0.1, 0.15) is 5.82 Å². The molecule has 1 saturated heterocycles. The minimum Gasteiger partial charge on any atom is -0.354 e. The lowest BCUT2D eigenvalue weighted by Gasteiger charge is -2.35. The molecule has 0 radical (unpaired) electrons. The molecule has 0 saturated carbocycles. The fourth-order valence-corrected chi connectivity index (χ4v) is 3.67. The number of rotatable bonds is 4. The maximum absolute atomic E-state index is 4.60. The third-order valence-corrected chi connectivity index (χ3v) is 4.36. The van der Waals surface area contributed by atoms with Gasteiger partial charge in [-0.2, -0.15) is 11.8 Å². The van der Waals surface area contributed by atoms with Crippen molar-refractivity contribution in [2.45, 2.75) is 37.8 Å². The summed E-state index contributed by atoms with van der Waals surface area (Å²) in [5.41, 5.74) is 1.26. The van der Waals surface area contributed by atoms with Crippen LogP contribution in [0.15, 0.2) is 18.3 Å². The summed E-state index contributed by atoms with van der Waals surface area (Å²) in [5, 5.41) is 4.70. The first-order valence-corrected chi connectivity index (χ1v) is 7.69. The molecule has 1 fully saturated rings. The molecule has 0 aliphatic carbocycles. The maximum atomic E-state index is 4.60. The van der Waals surface area contributed by atoms with Gasteiger partial charge in [0.25, 0.3) is 0 Å². The van der Waals surface area contributed by atoms with Crippen molar-refractivity contribution in [2.75, 3.05) is 24.5 Å². The van der Waals surface area contributed by atoms with Crippen molar-refractivity contribution in [3.8, 4) is 0 Å². The molecule has 2 atom stereocenters. The van der Waals surface area contributed by atoms with E-state index in [-0.39, 0.29) is 0 Å². The van der Waals surface area contributed by atoms with Gasteiger partial charge in [-0.25, -0.2) is 4.98 Å². The fraction of sp³-hybridized carbons (Fsp3) is 0.643. The van der Waals surface area contributed by atoms with E-state index in [1.165, 1.54) is 5.56 Å². The molecular formula is C14H23N3S. The van der Waals surface area contributed by atoms with Crippen molar-refractivity contribution in [2.24, 2.45) is 0 Å². The van der Waals surface area contributed by atoms with E-state index in [1.807, 2.05) is 6.20 Å². The first kappa shape index (κ1) is 13.7. The van der Waals surface area contributed by atoms with E-state index < -0.39 is 0 Å². The Kier molecular flexibility index (Phi) is 4.89. The van der Waals surface area contributed by atoms with Crippen LogP contribution in [0, 0.1) is 0 Å². The molecule has 1 aromatic heterocycles. The quantitative estimate of drug-likeness (QED) is 0.905. The number of anilines is 1. The molecule has 1 aliphatic rings. The fourth-order valence-electron chi connectivity index (χ4n) is 2.34. The zero-order valence-corrected chi connectivity index (χ0v) is 12.3. The lowest BCUT2D eigenvalue weighted by molar-refractivity contribution is 0.710. The number of pyridine rings is 1. The Morgan fingerprint density at radius 1 is 1.33 bits per heavy atom. The zero-order valence-electron chi connectivity index (χ0n) is 11.5. The van der Waals surface area contributed by atoms with Crippen LogP contribution < -0.4 is 10.2 Å².